The van der Waals surface area contributed by atoms with Crippen molar-refractivity contribution >= 4 is 46.0 Å². The molecule has 1 heterocycles. The van der Waals surface area contributed by atoms with Gasteiger partial charge in [0.1, 0.15) is 4.32 Å². The third kappa shape index (κ3) is 2.15. The van der Waals surface area contributed by atoms with Gasteiger partial charge in [-0.25, -0.2) is 0 Å². The fourth-order valence-corrected chi connectivity index (χ4v) is 1.41. The standard InChI is InChI=1S/C9H8N4OS2/c14-8(12-13-9(15)16)7-5-3-1-2-4-6(5)10-11-7/h1-4H,(H,10,11)(H,12,14)(H2,13,15,16). The number of H-pyrrole nitrogens is 1. The highest BCUT2D eigenvalue weighted by Gasteiger charge is 2.12. The van der Waals surface area contributed by atoms with Gasteiger partial charge in [0.25, 0.3) is 5.91 Å². The molecular weight excluding hydrogens is 244 g/mol. The molecule has 7 heteroatoms. The molecule has 3 N–H and O–H groups in total. The Balaban J connectivity index is 2.26. The quantitative estimate of drug-likeness (QED) is 0.347. The van der Waals surface area contributed by atoms with Crippen LogP contribution < -0.4 is 10.9 Å². The summed E-state index contributed by atoms with van der Waals surface area (Å²) in [6.07, 6.45) is 0. The zero-order valence-electron chi connectivity index (χ0n) is 8.02. The lowest BCUT2D eigenvalue weighted by atomic mass is 10.2. The number of hydrazine groups is 1. The lowest BCUT2D eigenvalue weighted by Crippen LogP contribution is -2.39. The van der Waals surface area contributed by atoms with E-state index in [9.17, 15) is 4.79 Å². The van der Waals surface area contributed by atoms with Crippen molar-refractivity contribution in [2.75, 3.05) is 0 Å². The van der Waals surface area contributed by atoms with Gasteiger partial charge in [-0.2, -0.15) is 5.10 Å². The first kappa shape index (κ1) is 10.9. The number of hydrogen-bond acceptors (Lipinski definition) is 3. The minimum Gasteiger partial charge on any atom is -0.283 e. The average molecular weight is 252 g/mol. The number of fused-ring (bicyclic) bond motifs is 1. The number of aromatic nitrogens is 2. The summed E-state index contributed by atoms with van der Waals surface area (Å²) < 4.78 is 0.188. The maximum atomic E-state index is 11.7. The van der Waals surface area contributed by atoms with E-state index < -0.39 is 0 Å². The molecule has 82 valence electrons. The number of carbonyl (C=O) groups is 1. The van der Waals surface area contributed by atoms with E-state index in [0.717, 1.165) is 10.9 Å². The summed E-state index contributed by atoms with van der Waals surface area (Å²) in [5, 5.41) is 7.45. The van der Waals surface area contributed by atoms with Gasteiger partial charge in [-0.1, -0.05) is 30.4 Å². The van der Waals surface area contributed by atoms with Gasteiger partial charge in [0.15, 0.2) is 5.69 Å². The van der Waals surface area contributed by atoms with Crippen LogP contribution in [0.1, 0.15) is 10.5 Å². The summed E-state index contributed by atoms with van der Waals surface area (Å²) in [5.74, 6) is -0.367. The zero-order chi connectivity index (χ0) is 11.5. The maximum Gasteiger partial charge on any atom is 0.290 e. The Morgan fingerprint density at radius 1 is 1.38 bits per heavy atom. The van der Waals surface area contributed by atoms with E-state index in [4.69, 9.17) is 0 Å². The predicted octanol–water partition coefficient (Wildman–Crippen LogP) is 1.01. The van der Waals surface area contributed by atoms with Gasteiger partial charge >= 0.3 is 0 Å². The number of amides is 1. The van der Waals surface area contributed by atoms with Gasteiger partial charge in [0.2, 0.25) is 0 Å². The monoisotopic (exact) mass is 252 g/mol. The molecule has 16 heavy (non-hydrogen) atoms. The summed E-state index contributed by atoms with van der Waals surface area (Å²) >= 11 is 8.47. The van der Waals surface area contributed by atoms with Crippen molar-refractivity contribution in [2.45, 2.75) is 0 Å². The number of nitrogens with zero attached hydrogens (tertiary/aromatic N) is 1. The zero-order valence-corrected chi connectivity index (χ0v) is 9.73. The van der Waals surface area contributed by atoms with Gasteiger partial charge in [-0.05, 0) is 6.07 Å². The van der Waals surface area contributed by atoms with Crippen LogP contribution in [0.25, 0.3) is 10.9 Å². The van der Waals surface area contributed by atoms with E-state index in [1.807, 2.05) is 24.3 Å². The number of rotatable bonds is 1. The van der Waals surface area contributed by atoms with Gasteiger partial charge < -0.3 is 0 Å². The third-order valence-electron chi connectivity index (χ3n) is 1.97. The van der Waals surface area contributed by atoms with Crippen LogP contribution in [0.3, 0.4) is 0 Å². The second-order valence-electron chi connectivity index (χ2n) is 3.00. The molecule has 2 rings (SSSR count). The van der Waals surface area contributed by atoms with E-state index in [1.165, 1.54) is 0 Å². The molecule has 0 bridgehead atoms. The molecule has 0 spiro atoms. The predicted molar refractivity (Wildman–Crippen MR) is 68.3 cm³/mol. The highest BCUT2D eigenvalue weighted by molar-refractivity contribution is 8.11. The fourth-order valence-electron chi connectivity index (χ4n) is 1.31. The van der Waals surface area contributed by atoms with Crippen LogP contribution >= 0.6 is 24.8 Å². The normalized spacial score (nSPS) is 10.1. The maximum absolute atomic E-state index is 11.7. The van der Waals surface area contributed by atoms with Crippen molar-refractivity contribution in [3.05, 3.63) is 30.0 Å². The van der Waals surface area contributed by atoms with Crippen molar-refractivity contribution in [2.24, 2.45) is 0 Å². The van der Waals surface area contributed by atoms with E-state index in [2.05, 4.69) is 45.9 Å². The van der Waals surface area contributed by atoms with Crippen LogP contribution in [0.4, 0.5) is 0 Å². The van der Waals surface area contributed by atoms with E-state index in [-0.39, 0.29) is 10.2 Å². The molecule has 1 aromatic carbocycles. The minimum atomic E-state index is -0.367. The number of thiol groups is 1. The fraction of sp³-hybridized carbons (Fsp3) is 0. The first-order valence-corrected chi connectivity index (χ1v) is 5.26. The summed E-state index contributed by atoms with van der Waals surface area (Å²) in [7, 11) is 0. The van der Waals surface area contributed by atoms with Crippen LogP contribution in [0.2, 0.25) is 0 Å². The van der Waals surface area contributed by atoms with Crippen LogP contribution in [0.5, 0.6) is 0 Å². The van der Waals surface area contributed by atoms with Gasteiger partial charge in [-0.3, -0.25) is 20.7 Å². The Morgan fingerprint density at radius 2 is 2.12 bits per heavy atom. The summed E-state index contributed by atoms with van der Waals surface area (Å²) in [6.45, 7) is 0. The number of thiocarbonyl (C=S) groups is 1. The van der Waals surface area contributed by atoms with E-state index in [1.54, 1.807) is 0 Å². The van der Waals surface area contributed by atoms with Crippen LogP contribution in [-0.2, 0) is 0 Å². The van der Waals surface area contributed by atoms with E-state index in [0.29, 0.717) is 5.69 Å². The van der Waals surface area contributed by atoms with Crippen molar-refractivity contribution in [3.8, 4) is 0 Å². The van der Waals surface area contributed by atoms with Crippen molar-refractivity contribution in [1.82, 2.24) is 21.0 Å². The molecule has 0 aliphatic carbocycles. The molecule has 0 unspecified atom stereocenters. The lowest BCUT2D eigenvalue weighted by molar-refractivity contribution is 0.0941. The number of carbonyl (C=O) groups excluding carboxylic acids is 1. The molecule has 0 aliphatic rings. The minimum absolute atomic E-state index is 0.188. The third-order valence-corrected chi connectivity index (χ3v) is 2.18. The second kappa shape index (κ2) is 4.50. The topological polar surface area (TPSA) is 69.8 Å². The van der Waals surface area contributed by atoms with E-state index >= 15 is 0 Å². The highest BCUT2D eigenvalue weighted by atomic mass is 32.1. The number of nitrogens with one attached hydrogen (secondary N) is 3. The van der Waals surface area contributed by atoms with Gasteiger partial charge in [0.05, 0.1) is 5.52 Å². The number of benzene rings is 1. The van der Waals surface area contributed by atoms with Crippen LogP contribution in [-0.4, -0.2) is 20.4 Å². The Kier molecular flexibility index (Phi) is 3.07. The van der Waals surface area contributed by atoms with Crippen molar-refractivity contribution in [3.63, 3.8) is 0 Å². The lowest BCUT2D eigenvalue weighted by Gasteiger charge is -2.03. The average Bonchev–Trinajstić information content (AvgIpc) is 2.69. The number of para-hydroxylation sites is 1. The molecule has 0 aliphatic heterocycles. The molecule has 2 aromatic rings. The first-order chi connectivity index (χ1) is 7.68. The first-order valence-electron chi connectivity index (χ1n) is 4.41. The number of hydrogen-bond donors (Lipinski definition) is 4. The summed E-state index contributed by atoms with van der Waals surface area (Å²) in [6, 6.07) is 7.36. The molecule has 0 saturated carbocycles. The Bertz CT molecular complexity index is 551. The molecule has 5 nitrogen and oxygen atoms in total. The number of aromatic amines is 1. The molecule has 0 fully saturated rings. The Labute approximate surface area is 102 Å². The van der Waals surface area contributed by atoms with Crippen molar-refractivity contribution < 1.29 is 4.79 Å². The second-order valence-corrected chi connectivity index (χ2v) is 4.16. The molecule has 1 amide bonds. The van der Waals surface area contributed by atoms with Crippen LogP contribution in [0.15, 0.2) is 24.3 Å². The summed E-state index contributed by atoms with van der Waals surface area (Å²) in [4.78, 5) is 11.7. The van der Waals surface area contributed by atoms with Crippen molar-refractivity contribution in [1.29, 1.82) is 0 Å². The summed E-state index contributed by atoms with van der Waals surface area (Å²) in [5.41, 5.74) is 5.95. The molecule has 1 aromatic heterocycles. The molecule has 0 saturated heterocycles. The van der Waals surface area contributed by atoms with Gasteiger partial charge in [0, 0.05) is 5.39 Å². The SMILES string of the molecule is O=C(NNC(=S)S)c1n[nH]c2ccccc12. The smallest absolute Gasteiger partial charge is 0.283 e. The Morgan fingerprint density at radius 3 is 2.88 bits per heavy atom. The largest absolute Gasteiger partial charge is 0.290 e. The highest BCUT2D eigenvalue weighted by Crippen LogP contribution is 2.14. The molecule has 0 atom stereocenters. The van der Waals surface area contributed by atoms with Gasteiger partial charge in [-0.15, -0.1) is 12.6 Å². The Hall–Kier alpha value is -1.60. The van der Waals surface area contributed by atoms with Crippen LogP contribution in [0, 0.1) is 0 Å². The molecular formula is C9H8N4OS2. The molecule has 0 radical (unpaired) electrons.